The number of hydrogen-bond acceptors (Lipinski definition) is 7. The molecule has 0 aromatic carbocycles. The molecule has 3 aromatic heterocycles. The van der Waals surface area contributed by atoms with Crippen LogP contribution in [0, 0.1) is 6.92 Å². The molecular weight excluding hydrogens is 336 g/mol. The van der Waals surface area contributed by atoms with E-state index in [1.807, 2.05) is 35.3 Å². The summed E-state index contributed by atoms with van der Waals surface area (Å²) in [6.45, 7) is 5.30. The van der Waals surface area contributed by atoms with Crippen molar-refractivity contribution in [3.8, 4) is 10.8 Å². The number of hydrogen-bond donors (Lipinski definition) is 1. The summed E-state index contributed by atoms with van der Waals surface area (Å²) in [4.78, 5) is 8.21. The second-order valence-corrected chi connectivity index (χ2v) is 7.35. The minimum absolute atomic E-state index is 0.407. The molecular formula is C17H22N6OS. The molecule has 2 N–H and O–H groups in total. The van der Waals surface area contributed by atoms with Gasteiger partial charge in [0.1, 0.15) is 5.76 Å². The zero-order valence-electron chi connectivity index (χ0n) is 14.3. The van der Waals surface area contributed by atoms with Gasteiger partial charge in [-0.3, -0.25) is 4.90 Å². The van der Waals surface area contributed by atoms with Crippen LogP contribution >= 0.6 is 11.3 Å². The highest BCUT2D eigenvalue weighted by Gasteiger charge is 2.23. The number of piperidine rings is 1. The van der Waals surface area contributed by atoms with Crippen LogP contribution in [-0.2, 0) is 13.1 Å². The Balaban J connectivity index is 1.37. The summed E-state index contributed by atoms with van der Waals surface area (Å²) in [5.41, 5.74) is 7.50. The first-order chi connectivity index (χ1) is 12.2. The van der Waals surface area contributed by atoms with E-state index in [1.54, 1.807) is 11.3 Å². The first kappa shape index (κ1) is 16.4. The maximum Gasteiger partial charge on any atom is 0.236 e. The Labute approximate surface area is 150 Å². The monoisotopic (exact) mass is 358 g/mol. The number of thiophene rings is 1. The second-order valence-electron chi connectivity index (χ2n) is 6.40. The second kappa shape index (κ2) is 7.07. The van der Waals surface area contributed by atoms with Crippen molar-refractivity contribution < 1.29 is 4.42 Å². The summed E-state index contributed by atoms with van der Waals surface area (Å²) >= 11 is 1.65. The number of oxazole rings is 1. The van der Waals surface area contributed by atoms with Crippen LogP contribution in [0.15, 0.2) is 28.1 Å². The molecule has 1 aliphatic heterocycles. The van der Waals surface area contributed by atoms with E-state index in [1.165, 1.54) is 0 Å². The SMILES string of the molecule is Cc1oc(-c2cccs2)nc1CN1CCC(n2cc(CN)nn2)CC1. The first-order valence-corrected chi connectivity index (χ1v) is 9.44. The molecule has 0 atom stereocenters. The lowest BCUT2D eigenvalue weighted by Gasteiger charge is -2.31. The fraction of sp³-hybridized carbons (Fsp3) is 0.471. The molecule has 25 heavy (non-hydrogen) atoms. The maximum atomic E-state index is 5.84. The molecule has 1 saturated heterocycles. The van der Waals surface area contributed by atoms with Crippen molar-refractivity contribution in [3.05, 3.63) is 40.9 Å². The van der Waals surface area contributed by atoms with Gasteiger partial charge in [0.25, 0.3) is 0 Å². The third kappa shape index (κ3) is 3.51. The summed E-state index contributed by atoms with van der Waals surface area (Å²) < 4.78 is 7.81. The van der Waals surface area contributed by atoms with Crippen LogP contribution in [-0.4, -0.2) is 38.0 Å². The lowest BCUT2D eigenvalue weighted by Crippen LogP contribution is -2.34. The van der Waals surface area contributed by atoms with Crippen LogP contribution in [0.25, 0.3) is 10.8 Å². The zero-order chi connectivity index (χ0) is 17.2. The first-order valence-electron chi connectivity index (χ1n) is 8.56. The van der Waals surface area contributed by atoms with Crippen LogP contribution in [0.1, 0.15) is 36.0 Å². The quantitative estimate of drug-likeness (QED) is 0.754. The number of aromatic nitrogens is 4. The number of rotatable bonds is 5. The van der Waals surface area contributed by atoms with Crippen LogP contribution in [0.3, 0.4) is 0 Å². The van der Waals surface area contributed by atoms with Crippen molar-refractivity contribution in [1.82, 2.24) is 24.9 Å². The Morgan fingerprint density at radius 2 is 2.20 bits per heavy atom. The molecule has 0 saturated carbocycles. The number of nitrogens with zero attached hydrogens (tertiary/aromatic N) is 5. The molecule has 0 spiro atoms. The molecule has 0 bridgehead atoms. The number of aryl methyl sites for hydroxylation is 1. The Bertz CT molecular complexity index is 816. The van der Waals surface area contributed by atoms with E-state index in [-0.39, 0.29) is 0 Å². The van der Waals surface area contributed by atoms with E-state index >= 15 is 0 Å². The van der Waals surface area contributed by atoms with Gasteiger partial charge in [-0.15, -0.1) is 16.4 Å². The van der Waals surface area contributed by atoms with Gasteiger partial charge in [-0.1, -0.05) is 11.3 Å². The van der Waals surface area contributed by atoms with Crippen LogP contribution in [0.5, 0.6) is 0 Å². The Morgan fingerprint density at radius 1 is 1.36 bits per heavy atom. The molecule has 4 rings (SSSR count). The average Bonchev–Trinajstić information content (AvgIpc) is 3.36. The molecule has 0 radical (unpaired) electrons. The van der Waals surface area contributed by atoms with E-state index in [2.05, 4.69) is 15.2 Å². The summed E-state index contributed by atoms with van der Waals surface area (Å²) in [5.74, 6) is 1.64. The van der Waals surface area contributed by atoms with Gasteiger partial charge in [0, 0.05) is 26.2 Å². The normalized spacial score (nSPS) is 16.6. The molecule has 0 amide bonds. The summed E-state index contributed by atoms with van der Waals surface area (Å²) in [7, 11) is 0. The van der Waals surface area contributed by atoms with Crippen molar-refractivity contribution in [1.29, 1.82) is 0 Å². The van der Waals surface area contributed by atoms with Crippen LogP contribution in [0.2, 0.25) is 0 Å². The molecule has 0 unspecified atom stereocenters. The molecule has 7 nitrogen and oxygen atoms in total. The van der Waals surface area contributed by atoms with Gasteiger partial charge in [0.05, 0.1) is 28.5 Å². The molecule has 3 aromatic rings. The van der Waals surface area contributed by atoms with Crippen molar-refractivity contribution >= 4 is 11.3 Å². The maximum absolute atomic E-state index is 5.84. The van der Waals surface area contributed by atoms with Crippen LogP contribution < -0.4 is 5.73 Å². The highest BCUT2D eigenvalue weighted by Crippen LogP contribution is 2.28. The van der Waals surface area contributed by atoms with Crippen LogP contribution in [0.4, 0.5) is 0 Å². The lowest BCUT2D eigenvalue weighted by molar-refractivity contribution is 0.170. The van der Waals surface area contributed by atoms with Gasteiger partial charge < -0.3 is 10.2 Å². The Hall–Kier alpha value is -2.03. The van der Waals surface area contributed by atoms with E-state index in [0.717, 1.165) is 60.4 Å². The minimum atomic E-state index is 0.407. The molecule has 8 heteroatoms. The fourth-order valence-corrected chi connectivity index (χ4v) is 3.87. The van der Waals surface area contributed by atoms with E-state index in [0.29, 0.717) is 12.6 Å². The summed E-state index contributed by atoms with van der Waals surface area (Å²) in [5, 5.41) is 10.3. The summed E-state index contributed by atoms with van der Waals surface area (Å²) in [6.07, 6.45) is 4.08. The molecule has 4 heterocycles. The largest absolute Gasteiger partial charge is 0.440 e. The highest BCUT2D eigenvalue weighted by molar-refractivity contribution is 7.13. The number of nitrogens with two attached hydrogens (primary N) is 1. The van der Waals surface area contributed by atoms with Crippen molar-refractivity contribution in [2.45, 2.75) is 38.9 Å². The molecule has 1 aliphatic rings. The predicted molar refractivity (Wildman–Crippen MR) is 96.0 cm³/mol. The van der Waals surface area contributed by atoms with E-state index in [9.17, 15) is 0 Å². The zero-order valence-corrected chi connectivity index (χ0v) is 15.1. The van der Waals surface area contributed by atoms with Crippen molar-refractivity contribution in [3.63, 3.8) is 0 Å². The fourth-order valence-electron chi connectivity index (χ4n) is 3.22. The van der Waals surface area contributed by atoms with Gasteiger partial charge in [0.2, 0.25) is 5.89 Å². The number of likely N-dealkylation sites (tertiary alicyclic amines) is 1. The highest BCUT2D eigenvalue weighted by atomic mass is 32.1. The van der Waals surface area contributed by atoms with Gasteiger partial charge in [-0.25, -0.2) is 9.67 Å². The third-order valence-electron chi connectivity index (χ3n) is 4.70. The van der Waals surface area contributed by atoms with Gasteiger partial charge in [0.15, 0.2) is 0 Å². The smallest absolute Gasteiger partial charge is 0.236 e. The van der Waals surface area contributed by atoms with E-state index < -0.39 is 0 Å². The predicted octanol–water partition coefficient (Wildman–Crippen LogP) is 2.60. The van der Waals surface area contributed by atoms with Gasteiger partial charge in [-0.05, 0) is 31.2 Å². The average molecular weight is 358 g/mol. The van der Waals surface area contributed by atoms with E-state index in [4.69, 9.17) is 15.1 Å². The van der Waals surface area contributed by atoms with Gasteiger partial charge >= 0.3 is 0 Å². The van der Waals surface area contributed by atoms with Gasteiger partial charge in [-0.2, -0.15) is 0 Å². The Morgan fingerprint density at radius 3 is 2.88 bits per heavy atom. The molecule has 132 valence electrons. The third-order valence-corrected chi connectivity index (χ3v) is 5.55. The lowest BCUT2D eigenvalue weighted by atomic mass is 10.1. The topological polar surface area (TPSA) is 86.0 Å². The Kier molecular flexibility index (Phi) is 4.65. The molecule has 1 fully saturated rings. The standard InChI is InChI=1S/C17H22N6OS/c1-12-15(19-17(24-12)16-3-2-8-25-16)11-22-6-4-14(5-7-22)23-10-13(9-18)20-21-23/h2-3,8,10,14H,4-7,9,11,18H2,1H3. The molecule has 0 aliphatic carbocycles. The van der Waals surface area contributed by atoms with Crippen molar-refractivity contribution in [2.24, 2.45) is 5.73 Å². The minimum Gasteiger partial charge on any atom is -0.440 e. The summed E-state index contributed by atoms with van der Waals surface area (Å²) in [6, 6.07) is 4.47. The van der Waals surface area contributed by atoms with Crippen molar-refractivity contribution in [2.75, 3.05) is 13.1 Å².